The number of anilines is 1. The van der Waals surface area contributed by atoms with Crippen LogP contribution < -0.4 is 10.5 Å². The first kappa shape index (κ1) is 24.1. The highest BCUT2D eigenvalue weighted by Gasteiger charge is 2.14. The molecule has 0 aliphatic rings. The number of carbonyl (C=O) groups is 2. The Bertz CT molecular complexity index is 1340. The summed E-state index contributed by atoms with van der Waals surface area (Å²) in [6, 6.07) is 10.9. The van der Waals surface area contributed by atoms with Gasteiger partial charge >= 0.3 is 5.97 Å². The van der Waals surface area contributed by atoms with Crippen molar-refractivity contribution >= 4 is 45.3 Å². The summed E-state index contributed by atoms with van der Waals surface area (Å²) in [5, 5.41) is 11.9. The Morgan fingerprint density at radius 2 is 1.94 bits per heavy atom. The van der Waals surface area contributed by atoms with Gasteiger partial charge in [-0.25, -0.2) is 27.4 Å². The first-order chi connectivity index (χ1) is 15.5. The molecule has 3 aromatic rings. The average molecular weight is 493 g/mol. The molecular formula is C21H18ClFN4O5S. The lowest BCUT2D eigenvalue weighted by atomic mass is 10.2. The van der Waals surface area contributed by atoms with Crippen LogP contribution in [-0.2, 0) is 24.3 Å². The lowest BCUT2D eigenvalue weighted by Gasteiger charge is -2.06. The van der Waals surface area contributed by atoms with Crippen LogP contribution in [0.3, 0.4) is 0 Å². The van der Waals surface area contributed by atoms with Crippen molar-refractivity contribution in [1.82, 2.24) is 9.78 Å². The second-order valence-corrected chi connectivity index (χ2v) is 8.66. The van der Waals surface area contributed by atoms with Crippen LogP contribution in [0.4, 0.5) is 10.1 Å². The highest BCUT2D eigenvalue weighted by Crippen LogP contribution is 2.25. The minimum Gasteiger partial charge on any atom is -0.452 e. The van der Waals surface area contributed by atoms with E-state index < -0.39 is 34.3 Å². The first-order valence-corrected chi connectivity index (χ1v) is 11.3. The lowest BCUT2D eigenvalue weighted by molar-refractivity contribution is -0.142. The number of ether oxygens (including phenoxy) is 1. The zero-order valence-electron chi connectivity index (χ0n) is 17.2. The van der Waals surface area contributed by atoms with E-state index in [-0.39, 0.29) is 15.7 Å². The summed E-state index contributed by atoms with van der Waals surface area (Å²) in [6.07, 6.45) is 2.47. The molecule has 33 heavy (non-hydrogen) atoms. The van der Waals surface area contributed by atoms with Crippen LogP contribution in [0.25, 0.3) is 11.8 Å². The van der Waals surface area contributed by atoms with E-state index in [4.69, 9.17) is 21.5 Å². The van der Waals surface area contributed by atoms with E-state index in [2.05, 4.69) is 10.4 Å². The third kappa shape index (κ3) is 6.25. The van der Waals surface area contributed by atoms with Gasteiger partial charge in [-0.05, 0) is 55.5 Å². The number of primary sulfonamides is 1. The van der Waals surface area contributed by atoms with Crippen LogP contribution in [0.15, 0.2) is 59.5 Å². The number of amides is 1. The maximum atomic E-state index is 13.1. The normalized spacial score (nSPS) is 11.5. The number of hydrogen-bond acceptors (Lipinski definition) is 6. The molecule has 2 aromatic carbocycles. The number of halogens is 2. The number of nitrogens with one attached hydrogen (secondary N) is 1. The van der Waals surface area contributed by atoms with Crippen LogP contribution in [0.2, 0.25) is 5.15 Å². The maximum absolute atomic E-state index is 13.1. The molecule has 172 valence electrons. The predicted molar refractivity (Wildman–Crippen MR) is 120 cm³/mol. The molecule has 0 radical (unpaired) electrons. The van der Waals surface area contributed by atoms with Gasteiger partial charge in [0.05, 0.1) is 16.3 Å². The molecule has 3 N–H and O–H groups in total. The fraction of sp³-hybridized carbons (Fsp3) is 0.0952. The number of nitrogens with two attached hydrogens (primary N) is 1. The Morgan fingerprint density at radius 1 is 1.24 bits per heavy atom. The Hall–Kier alpha value is -3.54. The zero-order chi connectivity index (χ0) is 24.2. The molecule has 1 heterocycles. The molecule has 0 aliphatic heterocycles. The highest BCUT2D eigenvalue weighted by molar-refractivity contribution is 7.89. The Morgan fingerprint density at radius 3 is 2.61 bits per heavy atom. The Kier molecular flexibility index (Phi) is 7.26. The van der Waals surface area contributed by atoms with E-state index in [0.717, 1.165) is 6.08 Å². The molecule has 0 fully saturated rings. The third-order valence-electron chi connectivity index (χ3n) is 4.30. The number of carbonyl (C=O) groups excluding carboxylic acids is 2. The average Bonchev–Trinajstić information content (AvgIpc) is 3.04. The minimum atomic E-state index is -3.93. The summed E-state index contributed by atoms with van der Waals surface area (Å²) in [5.41, 5.74) is 1.67. The molecule has 12 heteroatoms. The monoisotopic (exact) mass is 492 g/mol. The van der Waals surface area contributed by atoms with Gasteiger partial charge < -0.3 is 10.1 Å². The van der Waals surface area contributed by atoms with Crippen molar-refractivity contribution in [2.75, 3.05) is 11.9 Å². The number of benzene rings is 2. The van der Waals surface area contributed by atoms with Gasteiger partial charge in [-0.2, -0.15) is 5.10 Å². The van der Waals surface area contributed by atoms with Crippen molar-refractivity contribution in [1.29, 1.82) is 0 Å². The minimum absolute atomic E-state index is 0.173. The number of sulfonamides is 1. The van der Waals surface area contributed by atoms with Crippen LogP contribution in [-0.4, -0.2) is 36.7 Å². The summed E-state index contributed by atoms with van der Waals surface area (Å²) < 4.78 is 42.2. The maximum Gasteiger partial charge on any atom is 0.331 e. The quantitative estimate of drug-likeness (QED) is 0.385. The smallest absolute Gasteiger partial charge is 0.331 e. The lowest BCUT2D eigenvalue weighted by Crippen LogP contribution is -2.20. The second-order valence-electron chi connectivity index (χ2n) is 6.74. The number of esters is 1. The summed E-state index contributed by atoms with van der Waals surface area (Å²) in [6.45, 7) is 1.07. The van der Waals surface area contributed by atoms with E-state index in [9.17, 15) is 22.4 Å². The first-order valence-electron chi connectivity index (χ1n) is 9.33. The molecule has 0 spiro atoms. The summed E-state index contributed by atoms with van der Waals surface area (Å²) in [5.74, 6) is -1.89. The largest absolute Gasteiger partial charge is 0.452 e. The highest BCUT2D eigenvalue weighted by atomic mass is 35.5. The summed E-state index contributed by atoms with van der Waals surface area (Å²) >= 11 is 6.34. The van der Waals surface area contributed by atoms with Crippen molar-refractivity contribution in [3.8, 4) is 5.69 Å². The van der Waals surface area contributed by atoms with E-state index in [1.807, 2.05) is 0 Å². The van der Waals surface area contributed by atoms with Crippen molar-refractivity contribution in [2.45, 2.75) is 11.8 Å². The van der Waals surface area contributed by atoms with Gasteiger partial charge in [0.25, 0.3) is 5.91 Å². The number of aryl methyl sites for hydroxylation is 1. The van der Waals surface area contributed by atoms with Crippen molar-refractivity contribution in [3.05, 3.63) is 76.8 Å². The van der Waals surface area contributed by atoms with Gasteiger partial charge in [0.2, 0.25) is 10.0 Å². The molecule has 0 atom stereocenters. The SMILES string of the molecule is Cc1nn(-c2ccc(F)cc2)c(Cl)c1/C=C/C(=O)OCC(=O)Nc1cccc(S(N)(=O)=O)c1. The van der Waals surface area contributed by atoms with Crippen LogP contribution in [0.5, 0.6) is 0 Å². The van der Waals surface area contributed by atoms with Crippen LogP contribution in [0, 0.1) is 12.7 Å². The molecule has 9 nitrogen and oxygen atoms in total. The van der Waals surface area contributed by atoms with E-state index >= 15 is 0 Å². The summed E-state index contributed by atoms with van der Waals surface area (Å²) in [7, 11) is -3.93. The Balaban J connectivity index is 1.61. The molecule has 1 amide bonds. The van der Waals surface area contributed by atoms with Crippen LogP contribution >= 0.6 is 11.6 Å². The topological polar surface area (TPSA) is 133 Å². The van der Waals surface area contributed by atoms with Crippen molar-refractivity contribution in [3.63, 3.8) is 0 Å². The molecular weight excluding hydrogens is 475 g/mol. The second kappa shape index (κ2) is 9.94. The third-order valence-corrected chi connectivity index (χ3v) is 5.57. The standard InChI is InChI=1S/C21H18ClFN4O5S/c1-13-18(21(22)27(26-13)16-7-5-14(23)6-8-16)9-10-20(29)32-12-19(28)25-15-3-2-4-17(11-15)33(24,30)31/h2-11H,12H2,1H3,(H,25,28)(H2,24,30,31)/b10-9+. The number of aromatic nitrogens is 2. The molecule has 3 rings (SSSR count). The van der Waals surface area contributed by atoms with Gasteiger partial charge in [0, 0.05) is 17.3 Å². The van der Waals surface area contributed by atoms with Crippen molar-refractivity contribution in [2.24, 2.45) is 5.14 Å². The fourth-order valence-electron chi connectivity index (χ4n) is 2.74. The molecule has 0 aliphatic carbocycles. The van der Waals surface area contributed by atoms with Gasteiger partial charge in [-0.3, -0.25) is 4.79 Å². The predicted octanol–water partition coefficient (Wildman–Crippen LogP) is 2.82. The van der Waals surface area contributed by atoms with E-state index in [1.54, 1.807) is 6.92 Å². The van der Waals surface area contributed by atoms with Gasteiger partial charge in [-0.1, -0.05) is 17.7 Å². The van der Waals surface area contributed by atoms with Gasteiger partial charge in [0.15, 0.2) is 6.61 Å². The molecule has 0 unspecified atom stereocenters. The number of hydrogen-bond donors (Lipinski definition) is 2. The Labute approximate surface area is 193 Å². The number of nitrogens with zero attached hydrogens (tertiary/aromatic N) is 2. The molecule has 0 bridgehead atoms. The zero-order valence-corrected chi connectivity index (χ0v) is 18.7. The fourth-order valence-corrected chi connectivity index (χ4v) is 3.63. The van der Waals surface area contributed by atoms with E-state index in [0.29, 0.717) is 16.9 Å². The molecule has 0 saturated carbocycles. The van der Waals surface area contributed by atoms with Gasteiger partial charge in [-0.15, -0.1) is 0 Å². The summed E-state index contributed by atoms with van der Waals surface area (Å²) in [4.78, 5) is 23.8. The molecule has 0 saturated heterocycles. The van der Waals surface area contributed by atoms with Gasteiger partial charge in [0.1, 0.15) is 11.0 Å². The number of rotatable bonds is 7. The van der Waals surface area contributed by atoms with Crippen molar-refractivity contribution < 1.29 is 27.1 Å². The molecule has 1 aromatic heterocycles. The van der Waals surface area contributed by atoms with Crippen LogP contribution in [0.1, 0.15) is 11.3 Å². The van der Waals surface area contributed by atoms with E-state index in [1.165, 1.54) is 59.3 Å².